The lowest BCUT2D eigenvalue weighted by molar-refractivity contribution is -0.123. The van der Waals surface area contributed by atoms with Gasteiger partial charge < -0.3 is 15.4 Å². The van der Waals surface area contributed by atoms with Crippen LogP contribution in [0.2, 0.25) is 0 Å². The van der Waals surface area contributed by atoms with Crippen molar-refractivity contribution >= 4 is 23.5 Å². The number of Topliss-reactive ketones (excluding diaryl/α,β-unsaturated/α-hetero) is 1. The number of anilines is 1. The van der Waals surface area contributed by atoms with E-state index in [1.807, 2.05) is 24.3 Å². The number of nitrogens with zero attached hydrogens (tertiary/aromatic N) is 1. The molecule has 36 heavy (non-hydrogen) atoms. The van der Waals surface area contributed by atoms with Gasteiger partial charge in [0.1, 0.15) is 11.4 Å². The van der Waals surface area contributed by atoms with E-state index >= 15 is 0 Å². The van der Waals surface area contributed by atoms with Crippen molar-refractivity contribution in [2.75, 3.05) is 5.32 Å². The molecular formula is C28H30FN3O4. The molecule has 8 heteroatoms. The lowest BCUT2D eigenvalue weighted by Crippen LogP contribution is -2.45. The topological polar surface area (TPSA) is 108 Å². The van der Waals surface area contributed by atoms with Crippen LogP contribution < -0.4 is 10.6 Å². The summed E-state index contributed by atoms with van der Waals surface area (Å²) in [7, 11) is 0. The Morgan fingerprint density at radius 2 is 1.97 bits per heavy atom. The number of amides is 2. The van der Waals surface area contributed by atoms with E-state index in [0.717, 1.165) is 11.3 Å². The summed E-state index contributed by atoms with van der Waals surface area (Å²) in [5, 5.41) is 15.4. The molecule has 1 aliphatic heterocycles. The van der Waals surface area contributed by atoms with Crippen molar-refractivity contribution in [1.29, 1.82) is 5.26 Å². The van der Waals surface area contributed by atoms with Crippen LogP contribution in [0.1, 0.15) is 51.2 Å². The van der Waals surface area contributed by atoms with Gasteiger partial charge in [0.15, 0.2) is 5.78 Å². The Morgan fingerprint density at radius 1 is 1.22 bits per heavy atom. The predicted molar refractivity (Wildman–Crippen MR) is 131 cm³/mol. The standard InChI is InChI=1S/C28H30FN3O4/c1-27(2,3)36-26(35)32-23(12-17-7-6-8-20(29)11-17)24(33)13-18-14-28(15-19(18)16-30)21-9-4-5-10-22(21)31-25(28)34/h4-11,18-19,23H,12-15H2,1-3H3,(H,31,34)(H,32,35)/t18?,19-,23-,28+/m0/s1. The number of nitrogens with one attached hydrogen (secondary N) is 2. The minimum atomic E-state index is -0.970. The summed E-state index contributed by atoms with van der Waals surface area (Å²) in [6.07, 6.45) is 0.0255. The minimum absolute atomic E-state index is 0.00516. The number of hydrogen-bond acceptors (Lipinski definition) is 5. The summed E-state index contributed by atoms with van der Waals surface area (Å²) < 4.78 is 19.1. The van der Waals surface area contributed by atoms with Crippen LogP contribution in [0, 0.1) is 29.0 Å². The number of alkyl carbamates (subject to hydrolysis) is 1. The maximum absolute atomic E-state index is 13.8. The second kappa shape index (κ2) is 9.73. The van der Waals surface area contributed by atoms with Crippen molar-refractivity contribution < 1.29 is 23.5 Å². The first-order valence-electron chi connectivity index (χ1n) is 12.1. The number of fused-ring (bicyclic) bond motifs is 2. The van der Waals surface area contributed by atoms with Gasteiger partial charge in [-0.1, -0.05) is 30.3 Å². The first kappa shape index (κ1) is 25.4. The number of carbonyl (C=O) groups excluding carboxylic acids is 3. The van der Waals surface area contributed by atoms with E-state index in [-0.39, 0.29) is 30.4 Å². The number of halogens is 1. The summed E-state index contributed by atoms with van der Waals surface area (Å²) in [5.74, 6) is -1.75. The smallest absolute Gasteiger partial charge is 0.408 e. The SMILES string of the molecule is CC(C)(C)OC(=O)N[C@@H](Cc1cccc(F)c1)C(=O)CC1C[C@]2(C[C@H]1C#N)C(=O)Nc1ccccc12. The first-order valence-corrected chi connectivity index (χ1v) is 12.1. The van der Waals surface area contributed by atoms with Crippen molar-refractivity contribution in [1.82, 2.24) is 5.32 Å². The van der Waals surface area contributed by atoms with Gasteiger partial charge in [0.25, 0.3) is 0 Å². The van der Waals surface area contributed by atoms with Crippen molar-refractivity contribution in [2.45, 2.75) is 63.5 Å². The zero-order valence-electron chi connectivity index (χ0n) is 20.6. The van der Waals surface area contributed by atoms with Crippen LogP contribution in [0.4, 0.5) is 14.9 Å². The summed E-state index contributed by atoms with van der Waals surface area (Å²) in [6.45, 7) is 5.15. The number of ketones is 1. The number of benzene rings is 2. The molecule has 0 radical (unpaired) electrons. The molecule has 0 bridgehead atoms. The Labute approximate surface area is 210 Å². The van der Waals surface area contributed by atoms with Gasteiger partial charge in [0.2, 0.25) is 5.91 Å². The highest BCUT2D eigenvalue weighted by atomic mass is 19.1. The van der Waals surface area contributed by atoms with Crippen molar-refractivity contribution in [2.24, 2.45) is 11.8 Å². The van der Waals surface area contributed by atoms with E-state index in [1.165, 1.54) is 12.1 Å². The summed E-state index contributed by atoms with van der Waals surface area (Å²) in [6, 6.07) is 14.6. The third kappa shape index (κ3) is 5.25. The Kier molecular flexibility index (Phi) is 6.85. The monoisotopic (exact) mass is 491 g/mol. The van der Waals surface area contributed by atoms with Crippen LogP contribution in [0.3, 0.4) is 0 Å². The Hall–Kier alpha value is -3.73. The zero-order valence-corrected chi connectivity index (χ0v) is 20.6. The highest BCUT2D eigenvalue weighted by molar-refractivity contribution is 6.06. The van der Waals surface area contributed by atoms with Crippen molar-refractivity contribution in [3.63, 3.8) is 0 Å². The Morgan fingerprint density at radius 3 is 2.67 bits per heavy atom. The molecule has 4 atom stereocenters. The Balaban J connectivity index is 1.55. The van der Waals surface area contributed by atoms with E-state index in [2.05, 4.69) is 16.7 Å². The average Bonchev–Trinajstić information content (AvgIpc) is 3.29. The maximum Gasteiger partial charge on any atom is 0.408 e. The quantitative estimate of drug-likeness (QED) is 0.611. The lowest BCUT2D eigenvalue weighted by atomic mass is 9.78. The van der Waals surface area contributed by atoms with Crippen LogP contribution in [0.15, 0.2) is 48.5 Å². The number of nitriles is 1. The summed E-state index contributed by atoms with van der Waals surface area (Å²) in [4.78, 5) is 39.0. The van der Waals surface area contributed by atoms with Gasteiger partial charge in [-0.25, -0.2) is 9.18 Å². The number of hydrogen-bond donors (Lipinski definition) is 2. The lowest BCUT2D eigenvalue weighted by Gasteiger charge is -2.24. The second-order valence-electron chi connectivity index (χ2n) is 10.7. The molecule has 1 saturated carbocycles. The molecule has 4 rings (SSSR count). The van der Waals surface area contributed by atoms with Gasteiger partial charge in [-0.2, -0.15) is 5.26 Å². The average molecular weight is 492 g/mol. The fourth-order valence-electron chi connectivity index (χ4n) is 5.36. The Bertz CT molecular complexity index is 1230. The molecule has 1 spiro atoms. The molecule has 2 amide bonds. The molecule has 7 nitrogen and oxygen atoms in total. The number of ether oxygens (including phenoxy) is 1. The molecule has 1 aliphatic carbocycles. The van der Waals surface area contributed by atoms with E-state index in [9.17, 15) is 24.0 Å². The van der Waals surface area contributed by atoms with Crippen LogP contribution >= 0.6 is 0 Å². The van der Waals surface area contributed by atoms with Crippen LogP contribution in [0.5, 0.6) is 0 Å². The highest BCUT2D eigenvalue weighted by Gasteiger charge is 2.55. The van der Waals surface area contributed by atoms with E-state index in [0.29, 0.717) is 18.4 Å². The highest BCUT2D eigenvalue weighted by Crippen LogP contribution is 2.53. The van der Waals surface area contributed by atoms with Crippen molar-refractivity contribution in [3.05, 3.63) is 65.5 Å². The van der Waals surface area contributed by atoms with Gasteiger partial charge in [-0.05, 0) is 75.3 Å². The van der Waals surface area contributed by atoms with Gasteiger partial charge in [-0.3, -0.25) is 9.59 Å². The van der Waals surface area contributed by atoms with Crippen molar-refractivity contribution in [3.8, 4) is 6.07 Å². The molecule has 0 saturated heterocycles. The molecule has 2 aromatic carbocycles. The van der Waals surface area contributed by atoms with E-state index in [4.69, 9.17) is 4.74 Å². The van der Waals surface area contributed by atoms with Crippen LogP contribution in [-0.4, -0.2) is 29.4 Å². The molecule has 0 aromatic heterocycles. The second-order valence-corrected chi connectivity index (χ2v) is 10.7. The summed E-state index contributed by atoms with van der Waals surface area (Å²) >= 11 is 0. The zero-order chi connectivity index (χ0) is 26.1. The third-order valence-corrected chi connectivity index (χ3v) is 6.91. The van der Waals surface area contributed by atoms with Gasteiger partial charge in [0.05, 0.1) is 23.4 Å². The molecular weight excluding hydrogens is 461 g/mol. The van der Waals surface area contributed by atoms with Gasteiger partial charge in [0, 0.05) is 12.1 Å². The fraction of sp³-hybridized carbons (Fsp3) is 0.429. The van der Waals surface area contributed by atoms with E-state index < -0.39 is 34.9 Å². The minimum Gasteiger partial charge on any atom is -0.444 e. The number of para-hydroxylation sites is 1. The van der Waals surface area contributed by atoms with E-state index in [1.54, 1.807) is 32.9 Å². The molecule has 1 fully saturated rings. The van der Waals surface area contributed by atoms with Crippen LogP contribution in [-0.2, 0) is 26.2 Å². The number of rotatable bonds is 6. The predicted octanol–water partition coefficient (Wildman–Crippen LogP) is 4.66. The molecule has 188 valence electrons. The largest absolute Gasteiger partial charge is 0.444 e. The maximum atomic E-state index is 13.8. The normalized spacial score (nSPS) is 23.5. The fourth-order valence-corrected chi connectivity index (χ4v) is 5.36. The molecule has 2 N–H and O–H groups in total. The van der Waals surface area contributed by atoms with Crippen LogP contribution in [0.25, 0.3) is 0 Å². The summed E-state index contributed by atoms with van der Waals surface area (Å²) in [5.41, 5.74) is 0.533. The third-order valence-electron chi connectivity index (χ3n) is 6.91. The number of carbonyl (C=O) groups is 3. The van der Waals surface area contributed by atoms with Gasteiger partial charge in [-0.15, -0.1) is 0 Å². The first-order chi connectivity index (χ1) is 17.0. The van der Waals surface area contributed by atoms with Gasteiger partial charge >= 0.3 is 6.09 Å². The molecule has 2 aliphatic rings. The molecule has 1 unspecified atom stereocenters. The molecule has 2 aromatic rings. The molecule has 1 heterocycles.